The van der Waals surface area contributed by atoms with Crippen LogP contribution in [0, 0.1) is 0 Å². The van der Waals surface area contributed by atoms with Crippen molar-refractivity contribution in [3.8, 4) is 5.75 Å². The highest BCUT2D eigenvalue weighted by Crippen LogP contribution is 2.29. The van der Waals surface area contributed by atoms with Crippen molar-refractivity contribution in [2.24, 2.45) is 0 Å². The summed E-state index contributed by atoms with van der Waals surface area (Å²) in [6.45, 7) is 8.51. The van der Waals surface area contributed by atoms with Gasteiger partial charge in [0.25, 0.3) is 5.91 Å². The van der Waals surface area contributed by atoms with Crippen LogP contribution in [0.2, 0.25) is 5.02 Å². The lowest BCUT2D eigenvalue weighted by Crippen LogP contribution is -2.50. The van der Waals surface area contributed by atoms with E-state index < -0.39 is 6.04 Å². The second-order valence-corrected chi connectivity index (χ2v) is 8.83. The standard InChI is InChI=1S/C24H30BrClN2O3/c1-5-21(24(30)27-6-2)28(14-18-9-7-8-10-20(18)26)23(29)15-31-22-12-11-17(16(3)4)13-19(22)25/h7-13,16,21H,5-6,14-15H2,1-4H3,(H,27,30)/t21-/m0/s1. The molecule has 0 unspecified atom stereocenters. The van der Waals surface area contributed by atoms with Crippen LogP contribution in [0.1, 0.15) is 51.2 Å². The van der Waals surface area contributed by atoms with Crippen molar-refractivity contribution < 1.29 is 14.3 Å². The summed E-state index contributed by atoms with van der Waals surface area (Å²) in [6.07, 6.45) is 0.481. The first-order valence-corrected chi connectivity index (χ1v) is 11.7. The number of rotatable bonds is 10. The number of hydrogen-bond acceptors (Lipinski definition) is 3. The number of carbonyl (C=O) groups excluding carboxylic acids is 2. The van der Waals surface area contributed by atoms with Crippen molar-refractivity contribution in [2.45, 2.75) is 52.6 Å². The van der Waals surface area contributed by atoms with Gasteiger partial charge in [0.1, 0.15) is 11.8 Å². The van der Waals surface area contributed by atoms with Gasteiger partial charge in [0.05, 0.1) is 4.47 Å². The summed E-state index contributed by atoms with van der Waals surface area (Å²) in [5.41, 5.74) is 1.95. The van der Waals surface area contributed by atoms with Crippen LogP contribution < -0.4 is 10.1 Å². The molecule has 168 valence electrons. The van der Waals surface area contributed by atoms with Crippen molar-refractivity contribution in [3.05, 3.63) is 63.1 Å². The molecule has 0 aromatic heterocycles. The first-order chi connectivity index (χ1) is 14.8. The fraction of sp³-hybridized carbons (Fsp3) is 0.417. The monoisotopic (exact) mass is 508 g/mol. The van der Waals surface area contributed by atoms with Gasteiger partial charge in [-0.2, -0.15) is 0 Å². The summed E-state index contributed by atoms with van der Waals surface area (Å²) >= 11 is 9.84. The van der Waals surface area contributed by atoms with E-state index in [9.17, 15) is 9.59 Å². The van der Waals surface area contributed by atoms with Gasteiger partial charge in [-0.05, 0) is 64.5 Å². The first kappa shape index (κ1) is 25.2. The Kier molecular flexibility index (Phi) is 9.85. The fourth-order valence-electron chi connectivity index (χ4n) is 3.24. The molecule has 0 spiro atoms. The number of amides is 2. The maximum atomic E-state index is 13.2. The normalized spacial score (nSPS) is 11.8. The van der Waals surface area contributed by atoms with Crippen molar-refractivity contribution in [3.63, 3.8) is 0 Å². The fourth-order valence-corrected chi connectivity index (χ4v) is 3.94. The average Bonchev–Trinajstić information content (AvgIpc) is 2.73. The molecule has 2 aromatic carbocycles. The molecule has 0 aliphatic heterocycles. The zero-order valence-corrected chi connectivity index (χ0v) is 20.8. The molecule has 2 aromatic rings. The van der Waals surface area contributed by atoms with E-state index in [0.717, 1.165) is 10.0 Å². The number of carbonyl (C=O) groups is 2. The number of hydrogen-bond donors (Lipinski definition) is 1. The molecule has 1 atom stereocenters. The highest BCUT2D eigenvalue weighted by atomic mass is 79.9. The Morgan fingerprint density at radius 1 is 1.16 bits per heavy atom. The van der Waals surface area contributed by atoms with Crippen molar-refractivity contribution in [2.75, 3.05) is 13.2 Å². The predicted octanol–water partition coefficient (Wildman–Crippen LogP) is 5.55. The third-order valence-electron chi connectivity index (χ3n) is 5.01. The molecule has 0 bridgehead atoms. The lowest BCUT2D eigenvalue weighted by atomic mass is 10.0. The van der Waals surface area contributed by atoms with E-state index in [1.807, 2.05) is 50.2 Å². The SMILES string of the molecule is CCNC(=O)[C@H](CC)N(Cc1ccccc1Cl)C(=O)COc1ccc(C(C)C)cc1Br. The second-order valence-electron chi connectivity index (χ2n) is 7.56. The van der Waals surface area contributed by atoms with Crippen LogP contribution >= 0.6 is 27.5 Å². The van der Waals surface area contributed by atoms with E-state index in [0.29, 0.717) is 29.7 Å². The lowest BCUT2D eigenvalue weighted by Gasteiger charge is -2.30. The van der Waals surface area contributed by atoms with Gasteiger partial charge in [-0.3, -0.25) is 9.59 Å². The number of ether oxygens (including phenoxy) is 1. The van der Waals surface area contributed by atoms with Gasteiger partial charge in [0, 0.05) is 18.1 Å². The maximum absolute atomic E-state index is 13.2. The van der Waals surface area contributed by atoms with Crippen LogP contribution in [-0.2, 0) is 16.1 Å². The second kappa shape index (κ2) is 12.1. The zero-order valence-electron chi connectivity index (χ0n) is 18.5. The third-order valence-corrected chi connectivity index (χ3v) is 6.00. The zero-order chi connectivity index (χ0) is 23.0. The topological polar surface area (TPSA) is 58.6 Å². The van der Waals surface area contributed by atoms with Gasteiger partial charge < -0.3 is 15.0 Å². The van der Waals surface area contributed by atoms with E-state index >= 15 is 0 Å². The molecule has 2 rings (SSSR count). The van der Waals surface area contributed by atoms with Gasteiger partial charge in [0.2, 0.25) is 5.91 Å². The minimum absolute atomic E-state index is 0.181. The van der Waals surface area contributed by atoms with Crippen LogP contribution in [0.4, 0.5) is 0 Å². The number of benzene rings is 2. The molecular formula is C24H30BrClN2O3. The predicted molar refractivity (Wildman–Crippen MR) is 128 cm³/mol. The Hall–Kier alpha value is -2.05. The van der Waals surface area contributed by atoms with Crippen LogP contribution in [0.5, 0.6) is 5.75 Å². The van der Waals surface area contributed by atoms with Gasteiger partial charge in [-0.1, -0.05) is 56.6 Å². The highest BCUT2D eigenvalue weighted by Gasteiger charge is 2.29. The van der Waals surface area contributed by atoms with Gasteiger partial charge in [-0.25, -0.2) is 0 Å². The molecule has 0 aliphatic carbocycles. The molecule has 0 fully saturated rings. The molecule has 7 heteroatoms. The van der Waals surface area contributed by atoms with Crippen LogP contribution in [0.3, 0.4) is 0 Å². The molecule has 1 N–H and O–H groups in total. The van der Waals surface area contributed by atoms with Gasteiger partial charge in [-0.15, -0.1) is 0 Å². The quantitative estimate of drug-likeness (QED) is 0.457. The molecule has 31 heavy (non-hydrogen) atoms. The Morgan fingerprint density at radius 3 is 2.45 bits per heavy atom. The summed E-state index contributed by atoms with van der Waals surface area (Å²) in [7, 11) is 0. The molecule has 0 aliphatic rings. The summed E-state index contributed by atoms with van der Waals surface area (Å²) in [5.74, 6) is 0.507. The summed E-state index contributed by atoms with van der Waals surface area (Å²) in [4.78, 5) is 27.4. The van der Waals surface area contributed by atoms with Gasteiger partial charge in [0.15, 0.2) is 6.61 Å². The van der Waals surface area contributed by atoms with Crippen LogP contribution in [-0.4, -0.2) is 35.9 Å². The molecule has 2 amide bonds. The van der Waals surface area contributed by atoms with E-state index in [-0.39, 0.29) is 25.0 Å². The Balaban J connectivity index is 2.23. The molecule has 0 saturated carbocycles. The van der Waals surface area contributed by atoms with Crippen LogP contribution in [0.25, 0.3) is 0 Å². The highest BCUT2D eigenvalue weighted by molar-refractivity contribution is 9.10. The number of likely N-dealkylation sites (N-methyl/N-ethyl adjacent to an activating group) is 1. The van der Waals surface area contributed by atoms with Crippen LogP contribution in [0.15, 0.2) is 46.9 Å². The summed E-state index contributed by atoms with van der Waals surface area (Å²) < 4.78 is 6.61. The molecular weight excluding hydrogens is 480 g/mol. The smallest absolute Gasteiger partial charge is 0.261 e. The first-order valence-electron chi connectivity index (χ1n) is 10.5. The maximum Gasteiger partial charge on any atom is 0.261 e. The molecule has 5 nitrogen and oxygen atoms in total. The third kappa shape index (κ3) is 6.97. The Labute approximate surface area is 198 Å². The number of nitrogens with one attached hydrogen (secondary N) is 1. The minimum atomic E-state index is -0.612. The average molecular weight is 510 g/mol. The Bertz CT molecular complexity index is 904. The van der Waals surface area contributed by atoms with Gasteiger partial charge >= 0.3 is 0 Å². The summed E-state index contributed by atoms with van der Waals surface area (Å²) in [6, 6.07) is 12.5. The number of nitrogens with zero attached hydrogens (tertiary/aromatic N) is 1. The van der Waals surface area contributed by atoms with E-state index in [4.69, 9.17) is 16.3 Å². The molecule has 0 saturated heterocycles. The van der Waals surface area contributed by atoms with E-state index in [2.05, 4.69) is 35.1 Å². The van der Waals surface area contributed by atoms with Crippen molar-refractivity contribution >= 4 is 39.3 Å². The van der Waals surface area contributed by atoms with Crippen molar-refractivity contribution in [1.29, 1.82) is 0 Å². The Morgan fingerprint density at radius 2 is 1.87 bits per heavy atom. The van der Waals surface area contributed by atoms with E-state index in [1.165, 1.54) is 5.56 Å². The van der Waals surface area contributed by atoms with Crippen molar-refractivity contribution in [1.82, 2.24) is 10.2 Å². The summed E-state index contributed by atoms with van der Waals surface area (Å²) in [5, 5.41) is 3.37. The van der Waals surface area contributed by atoms with E-state index in [1.54, 1.807) is 11.0 Å². The molecule has 0 radical (unpaired) electrons. The number of halogens is 2. The largest absolute Gasteiger partial charge is 0.483 e. The lowest BCUT2D eigenvalue weighted by molar-refractivity contribution is -0.142. The molecule has 0 heterocycles. The minimum Gasteiger partial charge on any atom is -0.483 e.